The summed E-state index contributed by atoms with van der Waals surface area (Å²) in [5, 5.41) is 12.4. The van der Waals surface area contributed by atoms with Gasteiger partial charge in [-0.05, 0) is 37.5 Å². The molecule has 0 spiro atoms. The van der Waals surface area contributed by atoms with Gasteiger partial charge in [0.25, 0.3) is 0 Å². The van der Waals surface area contributed by atoms with Gasteiger partial charge in [0.05, 0.1) is 11.5 Å². The molecule has 15 heavy (non-hydrogen) atoms. The minimum Gasteiger partial charge on any atom is -0.383 e. The SMILES string of the molecule is Cc1cccc(NCC2(C#N)CCC2)c1. The van der Waals surface area contributed by atoms with E-state index in [1.807, 2.05) is 6.07 Å². The minimum absolute atomic E-state index is 0.0935. The first-order chi connectivity index (χ1) is 7.24. The summed E-state index contributed by atoms with van der Waals surface area (Å²) < 4.78 is 0. The molecule has 2 nitrogen and oxygen atoms in total. The van der Waals surface area contributed by atoms with Crippen LogP contribution in [0.15, 0.2) is 24.3 Å². The predicted molar refractivity (Wildman–Crippen MR) is 61.6 cm³/mol. The second-order valence-corrected chi connectivity index (χ2v) is 4.47. The van der Waals surface area contributed by atoms with Crippen molar-refractivity contribution < 1.29 is 0 Å². The van der Waals surface area contributed by atoms with E-state index in [0.717, 1.165) is 25.1 Å². The number of nitrogens with zero attached hydrogens (tertiary/aromatic N) is 1. The van der Waals surface area contributed by atoms with Gasteiger partial charge in [0, 0.05) is 12.2 Å². The van der Waals surface area contributed by atoms with Gasteiger partial charge in [-0.15, -0.1) is 0 Å². The van der Waals surface area contributed by atoms with Crippen molar-refractivity contribution in [2.45, 2.75) is 26.2 Å². The van der Waals surface area contributed by atoms with Gasteiger partial charge >= 0.3 is 0 Å². The van der Waals surface area contributed by atoms with Crippen molar-refractivity contribution in [2.24, 2.45) is 5.41 Å². The molecule has 2 rings (SSSR count). The molecule has 0 amide bonds. The molecule has 0 atom stereocenters. The molecule has 0 bridgehead atoms. The van der Waals surface area contributed by atoms with E-state index in [4.69, 9.17) is 5.26 Å². The van der Waals surface area contributed by atoms with E-state index < -0.39 is 0 Å². The summed E-state index contributed by atoms with van der Waals surface area (Å²) >= 11 is 0. The molecule has 1 aliphatic carbocycles. The maximum absolute atomic E-state index is 9.08. The fraction of sp³-hybridized carbons (Fsp3) is 0.462. The van der Waals surface area contributed by atoms with Crippen molar-refractivity contribution >= 4 is 5.69 Å². The Morgan fingerprint density at radius 1 is 1.47 bits per heavy atom. The zero-order valence-electron chi connectivity index (χ0n) is 9.09. The Kier molecular flexibility index (Phi) is 2.64. The Hall–Kier alpha value is -1.49. The summed E-state index contributed by atoms with van der Waals surface area (Å²) in [7, 11) is 0. The highest BCUT2D eigenvalue weighted by Crippen LogP contribution is 2.40. The molecule has 0 heterocycles. The van der Waals surface area contributed by atoms with Crippen molar-refractivity contribution in [3.05, 3.63) is 29.8 Å². The monoisotopic (exact) mass is 200 g/mol. The summed E-state index contributed by atoms with van der Waals surface area (Å²) in [6.45, 7) is 2.86. The Labute approximate surface area is 90.9 Å². The molecule has 1 saturated carbocycles. The lowest BCUT2D eigenvalue weighted by atomic mass is 9.70. The molecule has 1 fully saturated rings. The number of anilines is 1. The molecule has 1 N–H and O–H groups in total. The Bertz CT molecular complexity index is 386. The van der Waals surface area contributed by atoms with E-state index in [0.29, 0.717) is 0 Å². The number of benzene rings is 1. The van der Waals surface area contributed by atoms with Gasteiger partial charge in [0.2, 0.25) is 0 Å². The lowest BCUT2D eigenvalue weighted by Crippen LogP contribution is -2.35. The van der Waals surface area contributed by atoms with Crippen LogP contribution in [0.25, 0.3) is 0 Å². The van der Waals surface area contributed by atoms with Gasteiger partial charge < -0.3 is 5.32 Å². The van der Waals surface area contributed by atoms with E-state index in [2.05, 4.69) is 36.5 Å². The smallest absolute Gasteiger partial charge is 0.0746 e. The zero-order valence-corrected chi connectivity index (χ0v) is 9.09. The summed E-state index contributed by atoms with van der Waals surface area (Å²) in [4.78, 5) is 0. The van der Waals surface area contributed by atoms with Gasteiger partial charge in [0.1, 0.15) is 0 Å². The number of nitriles is 1. The topological polar surface area (TPSA) is 35.8 Å². The van der Waals surface area contributed by atoms with Crippen LogP contribution in [-0.2, 0) is 0 Å². The van der Waals surface area contributed by atoms with Crippen molar-refractivity contribution in [1.82, 2.24) is 0 Å². The molecule has 2 heteroatoms. The second kappa shape index (κ2) is 3.94. The molecule has 1 aromatic rings. The lowest BCUT2D eigenvalue weighted by Gasteiger charge is -2.35. The van der Waals surface area contributed by atoms with Crippen LogP contribution < -0.4 is 5.32 Å². The van der Waals surface area contributed by atoms with Gasteiger partial charge in [-0.2, -0.15) is 5.26 Å². The summed E-state index contributed by atoms with van der Waals surface area (Å²) in [6.07, 6.45) is 3.29. The molecule has 0 unspecified atom stereocenters. The van der Waals surface area contributed by atoms with E-state index in [9.17, 15) is 0 Å². The van der Waals surface area contributed by atoms with Gasteiger partial charge in [-0.1, -0.05) is 18.6 Å². The quantitative estimate of drug-likeness (QED) is 0.813. The summed E-state index contributed by atoms with van der Waals surface area (Å²) in [5.41, 5.74) is 2.28. The number of rotatable bonds is 3. The van der Waals surface area contributed by atoms with Crippen LogP contribution in [0.4, 0.5) is 5.69 Å². The maximum atomic E-state index is 9.08. The van der Waals surface area contributed by atoms with Gasteiger partial charge in [-0.25, -0.2) is 0 Å². The van der Waals surface area contributed by atoms with Gasteiger partial charge in [-0.3, -0.25) is 0 Å². The van der Waals surface area contributed by atoms with Crippen molar-refractivity contribution in [1.29, 1.82) is 5.26 Å². The largest absolute Gasteiger partial charge is 0.383 e. The summed E-state index contributed by atoms with van der Waals surface area (Å²) in [6, 6.07) is 10.7. The third kappa shape index (κ3) is 2.12. The molecule has 0 saturated heterocycles. The highest BCUT2D eigenvalue weighted by atomic mass is 14.9. The van der Waals surface area contributed by atoms with Crippen molar-refractivity contribution in [3.63, 3.8) is 0 Å². The van der Waals surface area contributed by atoms with Crippen LogP contribution in [0.1, 0.15) is 24.8 Å². The predicted octanol–water partition coefficient (Wildman–Crippen LogP) is 3.10. The van der Waals surface area contributed by atoms with Crippen LogP contribution in [0.5, 0.6) is 0 Å². The van der Waals surface area contributed by atoms with Crippen LogP contribution in [0.2, 0.25) is 0 Å². The molecule has 1 aliphatic rings. The first kappa shape index (κ1) is 10.0. The minimum atomic E-state index is -0.0935. The van der Waals surface area contributed by atoms with E-state index in [1.54, 1.807) is 0 Å². The van der Waals surface area contributed by atoms with Crippen LogP contribution >= 0.6 is 0 Å². The fourth-order valence-corrected chi connectivity index (χ4v) is 1.96. The summed E-state index contributed by atoms with van der Waals surface area (Å²) in [5.74, 6) is 0. The van der Waals surface area contributed by atoms with Crippen LogP contribution in [0.3, 0.4) is 0 Å². The fourth-order valence-electron chi connectivity index (χ4n) is 1.96. The van der Waals surface area contributed by atoms with Crippen LogP contribution in [-0.4, -0.2) is 6.54 Å². The first-order valence-electron chi connectivity index (χ1n) is 5.46. The number of nitrogens with one attached hydrogen (secondary N) is 1. The zero-order chi connectivity index (χ0) is 10.7. The molecular weight excluding hydrogens is 184 g/mol. The standard InChI is InChI=1S/C13H16N2/c1-11-4-2-5-12(8-11)15-10-13(9-14)6-3-7-13/h2,4-5,8,15H,3,6-7,10H2,1H3. The van der Waals surface area contributed by atoms with Gasteiger partial charge in [0.15, 0.2) is 0 Å². The van der Waals surface area contributed by atoms with E-state index in [-0.39, 0.29) is 5.41 Å². The highest BCUT2D eigenvalue weighted by molar-refractivity contribution is 5.45. The van der Waals surface area contributed by atoms with Crippen molar-refractivity contribution in [3.8, 4) is 6.07 Å². The Morgan fingerprint density at radius 3 is 2.80 bits per heavy atom. The third-order valence-electron chi connectivity index (χ3n) is 3.20. The average molecular weight is 200 g/mol. The highest BCUT2D eigenvalue weighted by Gasteiger charge is 2.36. The number of hydrogen-bond acceptors (Lipinski definition) is 2. The normalized spacial score (nSPS) is 17.6. The molecule has 1 aromatic carbocycles. The third-order valence-corrected chi connectivity index (χ3v) is 3.20. The molecular formula is C13H16N2. The lowest BCUT2D eigenvalue weighted by molar-refractivity contribution is 0.233. The van der Waals surface area contributed by atoms with Crippen LogP contribution in [0, 0.1) is 23.7 Å². The molecule has 0 aliphatic heterocycles. The van der Waals surface area contributed by atoms with E-state index >= 15 is 0 Å². The second-order valence-electron chi connectivity index (χ2n) is 4.47. The number of aryl methyl sites for hydroxylation is 1. The molecule has 0 radical (unpaired) electrons. The molecule has 78 valence electrons. The van der Waals surface area contributed by atoms with E-state index in [1.165, 1.54) is 12.0 Å². The average Bonchev–Trinajstić information content (AvgIpc) is 2.17. The Morgan fingerprint density at radius 2 is 2.27 bits per heavy atom. The van der Waals surface area contributed by atoms with Crippen molar-refractivity contribution in [2.75, 3.05) is 11.9 Å². The maximum Gasteiger partial charge on any atom is 0.0746 e. The number of hydrogen-bond donors (Lipinski definition) is 1. The Balaban J connectivity index is 1.96. The first-order valence-corrected chi connectivity index (χ1v) is 5.46. The molecule has 0 aromatic heterocycles.